The molecule has 0 aromatic carbocycles. The molecular formula is C15H23F9O2. The minimum atomic E-state index is -6.43. The van der Waals surface area contributed by atoms with Crippen LogP contribution in [0.5, 0.6) is 0 Å². The Labute approximate surface area is 145 Å². The van der Waals surface area contributed by atoms with Crippen LogP contribution in [0, 0.1) is 5.41 Å². The molecule has 0 saturated heterocycles. The van der Waals surface area contributed by atoms with Gasteiger partial charge in [-0.1, -0.05) is 20.8 Å². The maximum absolute atomic E-state index is 14.9. The van der Waals surface area contributed by atoms with Crippen LogP contribution in [0.1, 0.15) is 47.5 Å². The normalized spacial score (nSPS) is 18.6. The molecule has 0 saturated carbocycles. The third kappa shape index (κ3) is 4.58. The molecule has 0 aromatic heterocycles. The Balaban J connectivity index is 6.03. The zero-order valence-corrected chi connectivity index (χ0v) is 15.0. The van der Waals surface area contributed by atoms with Gasteiger partial charge in [-0.2, -0.15) is 26.3 Å². The largest absolute Gasteiger partial charge is 0.431 e. The van der Waals surface area contributed by atoms with Crippen LogP contribution in [-0.4, -0.2) is 47.4 Å². The Morgan fingerprint density at radius 1 is 0.846 bits per heavy atom. The fourth-order valence-electron chi connectivity index (χ4n) is 2.52. The predicted octanol–water partition coefficient (Wildman–Crippen LogP) is 5.44. The van der Waals surface area contributed by atoms with Crippen LogP contribution in [0.3, 0.4) is 0 Å². The molecule has 0 fully saturated rings. The maximum Gasteiger partial charge on any atom is 0.431 e. The van der Waals surface area contributed by atoms with Crippen LogP contribution < -0.4 is 0 Å². The molecule has 0 aliphatic heterocycles. The number of rotatable bonds is 8. The summed E-state index contributed by atoms with van der Waals surface area (Å²) in [6, 6.07) is 0. The van der Waals surface area contributed by atoms with Gasteiger partial charge in [-0.15, -0.1) is 0 Å². The molecule has 2 unspecified atom stereocenters. The van der Waals surface area contributed by atoms with Gasteiger partial charge in [0.1, 0.15) is 5.60 Å². The Bertz CT molecular complexity index is 455. The van der Waals surface area contributed by atoms with Crippen LogP contribution >= 0.6 is 0 Å². The molecule has 11 heteroatoms. The van der Waals surface area contributed by atoms with E-state index in [1.165, 1.54) is 13.8 Å². The molecule has 0 amide bonds. The summed E-state index contributed by atoms with van der Waals surface area (Å²) >= 11 is 0. The number of halogens is 9. The molecule has 0 heterocycles. The smallest absolute Gasteiger partial charge is 0.391 e. The van der Waals surface area contributed by atoms with Crippen LogP contribution in [0.15, 0.2) is 0 Å². The molecule has 2 nitrogen and oxygen atoms in total. The molecule has 0 rings (SSSR count). The van der Waals surface area contributed by atoms with Crippen LogP contribution in [0.25, 0.3) is 0 Å². The first-order valence-corrected chi connectivity index (χ1v) is 7.71. The van der Waals surface area contributed by atoms with Crippen molar-refractivity contribution in [2.45, 2.75) is 83.1 Å². The van der Waals surface area contributed by atoms with Gasteiger partial charge in [0.05, 0.1) is 12.7 Å². The molecular weight excluding hydrogens is 383 g/mol. The average Bonchev–Trinajstić information content (AvgIpc) is 2.41. The second-order valence-electron chi connectivity index (χ2n) is 7.18. The van der Waals surface area contributed by atoms with E-state index in [1.807, 2.05) is 0 Å². The molecule has 0 aliphatic carbocycles. The van der Waals surface area contributed by atoms with Crippen LogP contribution in [0.4, 0.5) is 39.5 Å². The highest BCUT2D eigenvalue weighted by atomic mass is 19.4. The fraction of sp³-hybridized carbons (Fsp3) is 1.00. The van der Waals surface area contributed by atoms with Gasteiger partial charge in [-0.05, 0) is 20.3 Å². The summed E-state index contributed by atoms with van der Waals surface area (Å²) in [6.45, 7) is 3.37. The van der Waals surface area contributed by atoms with E-state index in [-0.39, 0.29) is 0 Å². The zero-order chi connectivity index (χ0) is 21.4. The van der Waals surface area contributed by atoms with Crippen molar-refractivity contribution >= 4 is 0 Å². The highest BCUT2D eigenvalue weighted by molar-refractivity contribution is 5.06. The van der Waals surface area contributed by atoms with Crippen molar-refractivity contribution in [3.8, 4) is 0 Å². The Morgan fingerprint density at radius 2 is 1.23 bits per heavy atom. The molecule has 0 radical (unpaired) electrons. The monoisotopic (exact) mass is 406 g/mol. The number of aliphatic hydroxyl groups excluding tert-OH is 1. The van der Waals surface area contributed by atoms with E-state index < -0.39 is 60.5 Å². The zero-order valence-electron chi connectivity index (χ0n) is 15.0. The van der Waals surface area contributed by atoms with E-state index in [2.05, 4.69) is 0 Å². The van der Waals surface area contributed by atoms with Crippen molar-refractivity contribution in [1.82, 2.24) is 0 Å². The summed E-state index contributed by atoms with van der Waals surface area (Å²) in [4.78, 5) is 0. The van der Waals surface area contributed by atoms with E-state index in [4.69, 9.17) is 9.84 Å². The first kappa shape index (κ1) is 25.3. The summed E-state index contributed by atoms with van der Waals surface area (Å²) in [6.07, 6.45) is -17.1. The Hall–Kier alpha value is -0.710. The lowest BCUT2D eigenvalue weighted by Gasteiger charge is -2.48. The van der Waals surface area contributed by atoms with Crippen molar-refractivity contribution < 1.29 is 49.4 Å². The molecule has 1 N–H and O–H groups in total. The van der Waals surface area contributed by atoms with E-state index in [0.717, 1.165) is 6.92 Å². The Kier molecular flexibility index (Phi) is 7.17. The SMILES string of the molecule is CCC(C)(OCC(C)O)C(F)(F)C(C)(C)CC(F)(C(F)(F)F)C(F)(F)F. The van der Waals surface area contributed by atoms with Gasteiger partial charge in [0, 0.05) is 11.8 Å². The second-order valence-corrected chi connectivity index (χ2v) is 7.18. The minimum Gasteiger partial charge on any atom is -0.391 e. The molecule has 0 aliphatic rings. The first-order chi connectivity index (χ1) is 11.2. The second kappa shape index (κ2) is 7.37. The third-order valence-electron chi connectivity index (χ3n) is 4.42. The van der Waals surface area contributed by atoms with E-state index in [1.54, 1.807) is 0 Å². The van der Waals surface area contributed by atoms with Crippen molar-refractivity contribution in [2.75, 3.05) is 6.61 Å². The molecule has 0 spiro atoms. The maximum atomic E-state index is 14.9. The summed E-state index contributed by atoms with van der Waals surface area (Å²) < 4.78 is 125. The lowest BCUT2D eigenvalue weighted by molar-refractivity contribution is -0.359. The third-order valence-corrected chi connectivity index (χ3v) is 4.42. The van der Waals surface area contributed by atoms with Crippen molar-refractivity contribution in [3.05, 3.63) is 0 Å². The Morgan fingerprint density at radius 3 is 1.50 bits per heavy atom. The summed E-state index contributed by atoms with van der Waals surface area (Å²) in [5.41, 5.74) is -11.4. The summed E-state index contributed by atoms with van der Waals surface area (Å²) in [7, 11) is 0. The highest BCUT2D eigenvalue weighted by Crippen LogP contribution is 2.57. The van der Waals surface area contributed by atoms with Gasteiger partial charge >= 0.3 is 12.4 Å². The van der Waals surface area contributed by atoms with Crippen LogP contribution in [-0.2, 0) is 4.74 Å². The van der Waals surface area contributed by atoms with Crippen molar-refractivity contribution in [2.24, 2.45) is 5.41 Å². The van der Waals surface area contributed by atoms with E-state index >= 15 is 0 Å². The van der Waals surface area contributed by atoms with Crippen LogP contribution in [0.2, 0.25) is 0 Å². The van der Waals surface area contributed by atoms with Gasteiger partial charge in [0.15, 0.2) is 0 Å². The fourth-order valence-corrected chi connectivity index (χ4v) is 2.52. The number of hydrogen-bond donors (Lipinski definition) is 1. The molecule has 2 atom stereocenters. The summed E-state index contributed by atoms with van der Waals surface area (Å²) in [5, 5.41) is 9.15. The van der Waals surface area contributed by atoms with Gasteiger partial charge in [-0.25, -0.2) is 13.2 Å². The topological polar surface area (TPSA) is 29.5 Å². The molecule has 26 heavy (non-hydrogen) atoms. The summed E-state index contributed by atoms with van der Waals surface area (Å²) in [5.74, 6) is -4.29. The standard InChI is InChI=1S/C15H23F9O2/c1-6-11(5,26-7-9(2)25)13(17,18)10(3,4)8-12(16,14(19,20)21)15(22,23)24/h9,25H,6-8H2,1-5H3. The van der Waals surface area contributed by atoms with E-state index in [0.29, 0.717) is 13.8 Å². The highest BCUT2D eigenvalue weighted by Gasteiger charge is 2.76. The number of aliphatic hydroxyl groups is 1. The minimum absolute atomic E-state index is 0.415. The molecule has 0 aromatic rings. The van der Waals surface area contributed by atoms with Gasteiger partial charge in [0.25, 0.3) is 11.6 Å². The van der Waals surface area contributed by atoms with Crippen molar-refractivity contribution in [1.29, 1.82) is 0 Å². The lowest BCUT2D eigenvalue weighted by Crippen LogP contribution is -2.62. The average molecular weight is 406 g/mol. The number of ether oxygens (including phenoxy) is 1. The van der Waals surface area contributed by atoms with Gasteiger partial charge in [-0.3, -0.25) is 0 Å². The first-order valence-electron chi connectivity index (χ1n) is 7.71. The number of hydrogen-bond acceptors (Lipinski definition) is 2. The van der Waals surface area contributed by atoms with Gasteiger partial charge < -0.3 is 9.84 Å². The quantitative estimate of drug-likeness (QED) is 0.544. The number of alkyl halides is 9. The van der Waals surface area contributed by atoms with E-state index in [9.17, 15) is 39.5 Å². The predicted molar refractivity (Wildman–Crippen MR) is 75.6 cm³/mol. The van der Waals surface area contributed by atoms with Gasteiger partial charge in [0.2, 0.25) is 0 Å². The molecule has 0 bridgehead atoms. The molecule has 158 valence electrons. The van der Waals surface area contributed by atoms with Crippen molar-refractivity contribution in [3.63, 3.8) is 0 Å². The lowest BCUT2D eigenvalue weighted by atomic mass is 9.69.